The molecule has 0 aromatic carbocycles. The predicted molar refractivity (Wildman–Crippen MR) is 64.9 cm³/mol. The Bertz CT molecular complexity index is 431. The van der Waals surface area contributed by atoms with Crippen molar-refractivity contribution in [2.24, 2.45) is 22.7 Å². The molecule has 0 aromatic rings. The van der Waals surface area contributed by atoms with Gasteiger partial charge in [-0.2, -0.15) is 0 Å². The van der Waals surface area contributed by atoms with E-state index in [1.54, 1.807) is 0 Å². The molecule has 1 nitrogen and oxygen atoms in total. The number of fused-ring (bicyclic) bond motifs is 1. The van der Waals surface area contributed by atoms with Crippen LogP contribution < -0.4 is 0 Å². The molecule has 4 rings (SSSR count). The fourth-order valence-corrected chi connectivity index (χ4v) is 4.55. The van der Waals surface area contributed by atoms with Gasteiger partial charge in [0.25, 0.3) is 0 Å². The van der Waals surface area contributed by atoms with Crippen molar-refractivity contribution in [3.8, 4) is 0 Å². The minimum absolute atomic E-state index is 0.0537. The Hall–Kier alpha value is -0.850. The van der Waals surface area contributed by atoms with Crippen molar-refractivity contribution in [2.45, 2.75) is 40.0 Å². The van der Waals surface area contributed by atoms with Crippen LogP contribution in [0.15, 0.2) is 23.8 Å². The molecule has 0 amide bonds. The number of Topliss-reactive ketones (excluding diaryl/α,β-unsaturated/α-hetero) is 1. The van der Waals surface area contributed by atoms with Crippen LogP contribution in [0.4, 0.5) is 0 Å². The highest BCUT2D eigenvalue weighted by atomic mass is 16.1. The summed E-state index contributed by atoms with van der Waals surface area (Å²) in [5.74, 6) is 1.68. The summed E-state index contributed by atoms with van der Waals surface area (Å²) in [6.45, 7) is 10.7. The second-order valence-electron chi connectivity index (χ2n) is 6.67. The molecule has 0 N–H and O–H groups in total. The number of carbonyl (C=O) groups excluding carboxylic acids is 1. The van der Waals surface area contributed by atoms with Gasteiger partial charge in [-0.1, -0.05) is 32.1 Å². The summed E-state index contributed by atoms with van der Waals surface area (Å²) < 4.78 is 0. The highest BCUT2D eigenvalue weighted by Crippen LogP contribution is 2.66. The normalized spacial score (nSPS) is 49.4. The molecule has 0 saturated heterocycles. The van der Waals surface area contributed by atoms with Crippen LogP contribution in [0.2, 0.25) is 0 Å². The van der Waals surface area contributed by atoms with Crippen LogP contribution in [0, 0.1) is 22.7 Å². The van der Waals surface area contributed by atoms with Crippen LogP contribution in [0.1, 0.15) is 40.0 Å². The van der Waals surface area contributed by atoms with Crippen LogP contribution in [0.3, 0.4) is 0 Å². The summed E-state index contributed by atoms with van der Waals surface area (Å²) in [6, 6.07) is 0. The average molecular weight is 216 g/mol. The van der Waals surface area contributed by atoms with Gasteiger partial charge >= 0.3 is 0 Å². The lowest BCUT2D eigenvalue weighted by Crippen LogP contribution is -2.51. The smallest absolute Gasteiger partial charge is 0.139 e. The zero-order valence-corrected chi connectivity index (χ0v) is 10.5. The summed E-state index contributed by atoms with van der Waals surface area (Å²) in [6.07, 6.45) is 5.34. The van der Waals surface area contributed by atoms with Gasteiger partial charge in [-0.05, 0) is 42.6 Å². The molecule has 0 aliphatic heterocycles. The van der Waals surface area contributed by atoms with E-state index >= 15 is 0 Å². The van der Waals surface area contributed by atoms with Crippen LogP contribution >= 0.6 is 0 Å². The van der Waals surface area contributed by atoms with E-state index in [-0.39, 0.29) is 10.8 Å². The first kappa shape index (κ1) is 10.3. The molecule has 3 fully saturated rings. The summed E-state index contributed by atoms with van der Waals surface area (Å²) in [7, 11) is 0. The second-order valence-corrected chi connectivity index (χ2v) is 6.67. The van der Waals surface area contributed by atoms with Gasteiger partial charge in [-0.25, -0.2) is 0 Å². The average Bonchev–Trinajstić information content (AvgIpc) is 2.37. The van der Waals surface area contributed by atoms with Crippen molar-refractivity contribution in [3.05, 3.63) is 23.8 Å². The van der Waals surface area contributed by atoms with Crippen molar-refractivity contribution in [2.75, 3.05) is 0 Å². The van der Waals surface area contributed by atoms with Crippen molar-refractivity contribution < 1.29 is 4.79 Å². The Morgan fingerprint density at radius 2 is 2.19 bits per heavy atom. The van der Waals surface area contributed by atoms with Crippen molar-refractivity contribution >= 4 is 5.78 Å². The van der Waals surface area contributed by atoms with E-state index < -0.39 is 0 Å². The molecule has 0 aromatic heterocycles. The van der Waals surface area contributed by atoms with E-state index in [0.29, 0.717) is 17.6 Å². The van der Waals surface area contributed by atoms with Gasteiger partial charge in [0.1, 0.15) is 5.78 Å². The van der Waals surface area contributed by atoms with E-state index in [9.17, 15) is 4.79 Å². The zero-order chi connectivity index (χ0) is 11.7. The summed E-state index contributed by atoms with van der Waals surface area (Å²) in [5, 5.41) is 0. The van der Waals surface area contributed by atoms with Gasteiger partial charge in [-0.3, -0.25) is 4.79 Å². The zero-order valence-electron chi connectivity index (χ0n) is 10.5. The molecular weight excluding hydrogens is 196 g/mol. The Labute approximate surface area is 97.6 Å². The molecule has 0 radical (unpaired) electrons. The van der Waals surface area contributed by atoms with E-state index in [4.69, 9.17) is 0 Å². The molecule has 4 atom stereocenters. The lowest BCUT2D eigenvalue weighted by atomic mass is 9.49. The highest BCUT2D eigenvalue weighted by Gasteiger charge is 2.61. The lowest BCUT2D eigenvalue weighted by Gasteiger charge is -2.53. The number of hydrogen-bond acceptors (Lipinski definition) is 1. The highest BCUT2D eigenvalue weighted by molar-refractivity contribution is 5.87. The number of hydrogen-bond donors (Lipinski definition) is 0. The standard InChI is InChI=1S/C15H20O/c1-9(2)10-6-14(3)8-15(4)7-11(10)12(14)5-13(15)16/h6,11-12H,1,5,7-8H2,2-4H3/t11-,12+,14+,15-/m0/s1. The van der Waals surface area contributed by atoms with E-state index in [0.717, 1.165) is 19.3 Å². The second kappa shape index (κ2) is 2.69. The third-order valence-corrected chi connectivity index (χ3v) is 5.23. The number of ketones is 1. The number of allylic oxidation sites excluding steroid dienone is 3. The molecule has 16 heavy (non-hydrogen) atoms. The van der Waals surface area contributed by atoms with E-state index in [2.05, 4.69) is 33.4 Å². The van der Waals surface area contributed by atoms with Crippen LogP contribution in [-0.4, -0.2) is 5.78 Å². The van der Waals surface area contributed by atoms with Gasteiger partial charge < -0.3 is 0 Å². The summed E-state index contributed by atoms with van der Waals surface area (Å²) >= 11 is 0. The Balaban J connectivity index is 2.09. The maximum absolute atomic E-state index is 12.1. The van der Waals surface area contributed by atoms with Gasteiger partial charge in [0.05, 0.1) is 0 Å². The summed E-state index contributed by atoms with van der Waals surface area (Å²) in [4.78, 5) is 12.1. The van der Waals surface area contributed by atoms with Gasteiger partial charge in [-0.15, -0.1) is 0 Å². The molecule has 4 bridgehead atoms. The Kier molecular flexibility index (Phi) is 1.74. The molecule has 0 spiro atoms. The first-order valence-electron chi connectivity index (χ1n) is 6.28. The van der Waals surface area contributed by atoms with E-state index in [1.807, 2.05) is 0 Å². The molecule has 3 saturated carbocycles. The minimum atomic E-state index is -0.0537. The molecule has 0 heterocycles. The molecule has 0 unspecified atom stereocenters. The maximum Gasteiger partial charge on any atom is 0.139 e. The fraction of sp³-hybridized carbons (Fsp3) is 0.667. The predicted octanol–water partition coefficient (Wildman–Crippen LogP) is 3.51. The minimum Gasteiger partial charge on any atom is -0.299 e. The van der Waals surface area contributed by atoms with Crippen molar-refractivity contribution in [1.82, 2.24) is 0 Å². The van der Waals surface area contributed by atoms with Gasteiger partial charge in [0.2, 0.25) is 0 Å². The third kappa shape index (κ3) is 1.04. The van der Waals surface area contributed by atoms with Crippen molar-refractivity contribution in [1.29, 1.82) is 0 Å². The molecular formula is C15H20O. The van der Waals surface area contributed by atoms with Gasteiger partial charge in [0.15, 0.2) is 0 Å². The largest absolute Gasteiger partial charge is 0.299 e. The molecule has 1 heteroatoms. The van der Waals surface area contributed by atoms with Gasteiger partial charge in [0, 0.05) is 11.8 Å². The van der Waals surface area contributed by atoms with Crippen LogP contribution in [0.5, 0.6) is 0 Å². The topological polar surface area (TPSA) is 17.1 Å². The number of rotatable bonds is 1. The fourth-order valence-electron chi connectivity index (χ4n) is 4.55. The quantitative estimate of drug-likeness (QED) is 0.655. The SMILES string of the molecule is C=C(C)C1=C[C@]2(C)C[C@]3(C)C[C@@H]1[C@H]2CC3=O. The molecule has 4 aliphatic rings. The maximum atomic E-state index is 12.1. The summed E-state index contributed by atoms with van der Waals surface area (Å²) in [5.41, 5.74) is 2.86. The van der Waals surface area contributed by atoms with Crippen LogP contribution in [-0.2, 0) is 4.79 Å². The van der Waals surface area contributed by atoms with Crippen LogP contribution in [0.25, 0.3) is 0 Å². The number of carbonyl (C=O) groups is 1. The Morgan fingerprint density at radius 1 is 1.50 bits per heavy atom. The molecule has 4 aliphatic carbocycles. The van der Waals surface area contributed by atoms with Crippen molar-refractivity contribution in [3.63, 3.8) is 0 Å². The lowest BCUT2D eigenvalue weighted by molar-refractivity contribution is -0.145. The first-order valence-corrected chi connectivity index (χ1v) is 6.28. The molecule has 86 valence electrons. The Morgan fingerprint density at radius 3 is 2.75 bits per heavy atom. The first-order chi connectivity index (χ1) is 7.36. The monoisotopic (exact) mass is 216 g/mol. The third-order valence-electron chi connectivity index (χ3n) is 5.23. The van der Waals surface area contributed by atoms with E-state index in [1.165, 1.54) is 11.1 Å².